The fraction of sp³-hybridized carbons (Fsp3) is 0. The molecule has 2 aromatic heterocycles. The highest BCUT2D eigenvalue weighted by Gasteiger charge is 2.19. The minimum Gasteiger partial charge on any atom is -0.455 e. The SMILES string of the molecule is N#Cc1c(-c2ccccc2)nc(-c2ccccc2)nc1-c1cccc(-c2cccc(-c3cccc(-c4cccc5c4oc4ccccc45)c3)c2)c1. The summed E-state index contributed by atoms with van der Waals surface area (Å²) >= 11 is 0. The van der Waals surface area contributed by atoms with Gasteiger partial charge in [0.1, 0.15) is 22.8 Å². The number of nitrogens with zero attached hydrogens (tertiary/aromatic N) is 3. The van der Waals surface area contributed by atoms with Crippen molar-refractivity contribution in [3.05, 3.63) is 181 Å². The molecule has 7 aromatic carbocycles. The zero-order chi connectivity index (χ0) is 34.1. The molecule has 0 atom stereocenters. The molecule has 0 bridgehead atoms. The van der Waals surface area contributed by atoms with Crippen LogP contribution in [0.2, 0.25) is 0 Å². The number of furan rings is 1. The normalized spacial score (nSPS) is 11.1. The average molecular weight is 652 g/mol. The highest BCUT2D eigenvalue weighted by molar-refractivity contribution is 6.09. The van der Waals surface area contributed by atoms with Gasteiger partial charge in [-0.15, -0.1) is 0 Å². The van der Waals surface area contributed by atoms with Gasteiger partial charge < -0.3 is 4.42 Å². The molecule has 51 heavy (non-hydrogen) atoms. The summed E-state index contributed by atoms with van der Waals surface area (Å²) < 4.78 is 6.36. The first-order chi connectivity index (χ1) is 25.2. The maximum absolute atomic E-state index is 10.5. The lowest BCUT2D eigenvalue weighted by Gasteiger charge is -2.13. The highest BCUT2D eigenvalue weighted by Crippen LogP contribution is 2.38. The fourth-order valence-corrected chi connectivity index (χ4v) is 6.86. The van der Waals surface area contributed by atoms with Crippen molar-refractivity contribution in [1.29, 1.82) is 5.26 Å². The van der Waals surface area contributed by atoms with Gasteiger partial charge >= 0.3 is 0 Å². The van der Waals surface area contributed by atoms with Crippen molar-refractivity contribution in [3.63, 3.8) is 0 Å². The van der Waals surface area contributed by atoms with Crippen LogP contribution in [-0.2, 0) is 0 Å². The zero-order valence-electron chi connectivity index (χ0n) is 27.5. The van der Waals surface area contributed by atoms with Crippen molar-refractivity contribution in [2.24, 2.45) is 0 Å². The Bertz CT molecular complexity index is 2760. The summed E-state index contributed by atoms with van der Waals surface area (Å²) in [6.45, 7) is 0. The molecule has 0 aliphatic rings. The second kappa shape index (κ2) is 12.7. The van der Waals surface area contributed by atoms with Gasteiger partial charge in [0.15, 0.2) is 5.82 Å². The summed E-state index contributed by atoms with van der Waals surface area (Å²) in [5, 5.41) is 12.7. The van der Waals surface area contributed by atoms with Gasteiger partial charge in [0.2, 0.25) is 0 Å². The van der Waals surface area contributed by atoms with Gasteiger partial charge in [0.05, 0.1) is 11.4 Å². The number of fused-ring (bicyclic) bond motifs is 3. The van der Waals surface area contributed by atoms with Crippen LogP contribution in [0.25, 0.3) is 89.2 Å². The molecule has 0 fully saturated rings. The van der Waals surface area contributed by atoms with Gasteiger partial charge in [0, 0.05) is 33.0 Å². The number of hydrogen-bond acceptors (Lipinski definition) is 4. The minimum absolute atomic E-state index is 0.447. The lowest BCUT2D eigenvalue weighted by Crippen LogP contribution is -2.01. The van der Waals surface area contributed by atoms with E-state index in [1.165, 1.54) is 0 Å². The zero-order valence-corrected chi connectivity index (χ0v) is 27.5. The van der Waals surface area contributed by atoms with Crippen LogP contribution in [0.5, 0.6) is 0 Å². The second-order valence-electron chi connectivity index (χ2n) is 12.5. The smallest absolute Gasteiger partial charge is 0.160 e. The van der Waals surface area contributed by atoms with Crippen LogP contribution in [0, 0.1) is 11.3 Å². The second-order valence-corrected chi connectivity index (χ2v) is 12.5. The summed E-state index contributed by atoms with van der Waals surface area (Å²) in [4.78, 5) is 9.92. The summed E-state index contributed by atoms with van der Waals surface area (Å²) in [5.74, 6) is 0.578. The van der Waals surface area contributed by atoms with Crippen LogP contribution in [-0.4, -0.2) is 9.97 Å². The van der Waals surface area contributed by atoms with Crippen molar-refractivity contribution in [1.82, 2.24) is 9.97 Å². The number of para-hydroxylation sites is 2. The molecule has 0 saturated heterocycles. The predicted octanol–water partition coefficient (Wildman–Crippen LogP) is 12.2. The summed E-state index contributed by atoms with van der Waals surface area (Å²) in [7, 11) is 0. The van der Waals surface area contributed by atoms with E-state index in [2.05, 4.69) is 91.0 Å². The number of hydrogen-bond donors (Lipinski definition) is 0. The van der Waals surface area contributed by atoms with Crippen molar-refractivity contribution >= 4 is 21.9 Å². The number of nitriles is 1. The Balaban J connectivity index is 1.12. The summed E-state index contributed by atoms with van der Waals surface area (Å²) in [5.41, 5.74) is 12.6. The van der Waals surface area contributed by atoms with E-state index in [-0.39, 0.29) is 0 Å². The standard InChI is InChI=1S/C47H29N3O/c48-30-42-44(31-13-3-1-4-14-31)49-47(32-15-5-2-6-16-32)50-45(42)38-22-11-20-36(29-38)34-18-9-17-33(27-34)35-19-10-21-37(28-35)39-24-12-25-41-40-23-7-8-26-43(40)51-46(39)41/h1-29H. The Kier molecular flexibility index (Phi) is 7.50. The van der Waals surface area contributed by atoms with E-state index < -0.39 is 0 Å². The Morgan fingerprint density at radius 3 is 1.55 bits per heavy atom. The molecule has 0 aliphatic carbocycles. The van der Waals surface area contributed by atoms with E-state index in [1.807, 2.05) is 91.0 Å². The Morgan fingerprint density at radius 1 is 0.412 bits per heavy atom. The van der Waals surface area contributed by atoms with Crippen molar-refractivity contribution in [2.45, 2.75) is 0 Å². The summed E-state index contributed by atoms with van der Waals surface area (Å²) in [6, 6.07) is 62.2. The lowest BCUT2D eigenvalue weighted by molar-refractivity contribution is 0.670. The monoisotopic (exact) mass is 651 g/mol. The molecule has 9 rings (SSSR count). The first-order valence-electron chi connectivity index (χ1n) is 16.9. The molecule has 0 spiro atoms. The van der Waals surface area contributed by atoms with Crippen molar-refractivity contribution < 1.29 is 4.42 Å². The van der Waals surface area contributed by atoms with Crippen LogP contribution in [0.3, 0.4) is 0 Å². The molecule has 0 aliphatic heterocycles. The van der Waals surface area contributed by atoms with Crippen LogP contribution in [0.15, 0.2) is 180 Å². The molecular weight excluding hydrogens is 623 g/mol. The van der Waals surface area contributed by atoms with Crippen LogP contribution >= 0.6 is 0 Å². The topological polar surface area (TPSA) is 62.7 Å². The number of aromatic nitrogens is 2. The maximum atomic E-state index is 10.5. The summed E-state index contributed by atoms with van der Waals surface area (Å²) in [6.07, 6.45) is 0. The molecule has 9 aromatic rings. The van der Waals surface area contributed by atoms with Gasteiger partial charge in [-0.05, 0) is 52.1 Å². The molecule has 0 saturated carbocycles. The van der Waals surface area contributed by atoms with Crippen molar-refractivity contribution in [3.8, 4) is 73.4 Å². The number of benzene rings is 7. The molecule has 0 amide bonds. The maximum Gasteiger partial charge on any atom is 0.160 e. The van der Waals surface area contributed by atoms with Crippen LogP contribution in [0.1, 0.15) is 5.56 Å². The van der Waals surface area contributed by atoms with Gasteiger partial charge in [-0.3, -0.25) is 0 Å². The van der Waals surface area contributed by atoms with Gasteiger partial charge in [-0.2, -0.15) is 5.26 Å². The van der Waals surface area contributed by atoms with E-state index >= 15 is 0 Å². The molecule has 0 radical (unpaired) electrons. The third-order valence-corrected chi connectivity index (χ3v) is 9.34. The number of rotatable bonds is 6. The quantitative estimate of drug-likeness (QED) is 0.179. The Hall–Kier alpha value is -7.09. The van der Waals surface area contributed by atoms with E-state index in [9.17, 15) is 5.26 Å². The highest BCUT2D eigenvalue weighted by atomic mass is 16.3. The molecule has 0 N–H and O–H groups in total. The van der Waals surface area contributed by atoms with E-state index in [1.54, 1.807) is 0 Å². The van der Waals surface area contributed by atoms with Gasteiger partial charge in [-0.1, -0.05) is 152 Å². The Morgan fingerprint density at radius 2 is 0.882 bits per heavy atom. The first kappa shape index (κ1) is 30.0. The largest absolute Gasteiger partial charge is 0.455 e. The molecule has 2 heterocycles. The van der Waals surface area contributed by atoms with E-state index in [0.29, 0.717) is 22.8 Å². The van der Waals surface area contributed by atoms with Gasteiger partial charge in [0.25, 0.3) is 0 Å². The van der Waals surface area contributed by atoms with Crippen molar-refractivity contribution in [2.75, 3.05) is 0 Å². The first-order valence-corrected chi connectivity index (χ1v) is 16.9. The fourth-order valence-electron chi connectivity index (χ4n) is 6.86. The predicted molar refractivity (Wildman–Crippen MR) is 207 cm³/mol. The third kappa shape index (κ3) is 5.53. The lowest BCUT2D eigenvalue weighted by atomic mass is 9.94. The van der Waals surface area contributed by atoms with E-state index in [4.69, 9.17) is 14.4 Å². The van der Waals surface area contributed by atoms with E-state index in [0.717, 1.165) is 72.0 Å². The Labute approximate surface area is 295 Å². The molecule has 238 valence electrons. The van der Waals surface area contributed by atoms with Crippen LogP contribution in [0.4, 0.5) is 0 Å². The minimum atomic E-state index is 0.447. The van der Waals surface area contributed by atoms with Gasteiger partial charge in [-0.25, -0.2) is 9.97 Å². The molecule has 4 heteroatoms. The third-order valence-electron chi connectivity index (χ3n) is 9.34. The molecular formula is C47H29N3O. The molecule has 0 unspecified atom stereocenters. The average Bonchev–Trinajstić information content (AvgIpc) is 3.60. The molecule has 4 nitrogen and oxygen atoms in total. The van der Waals surface area contributed by atoms with Crippen LogP contribution < -0.4 is 0 Å².